The molecule has 0 saturated carbocycles. The second-order valence-corrected chi connectivity index (χ2v) is 15.0. The maximum Gasteiger partial charge on any atom is 0.374 e. The standard InChI is InChI=1S/C24H26BF10OP/c1-22(2,3)37(23(4,5)6)9-24(7,8)36-25(10-12(26)16(30)20(34)17(31)13(10)27)11-14(28)18(32)21(35)19(33)15(11)29/h9H2,1-8H3. The van der Waals surface area contributed by atoms with E-state index in [1.807, 2.05) is 41.5 Å². The van der Waals surface area contributed by atoms with E-state index in [4.69, 9.17) is 4.65 Å². The fraction of sp³-hybridized carbons (Fsp3) is 0.500. The van der Waals surface area contributed by atoms with Gasteiger partial charge in [-0.25, -0.2) is 43.9 Å². The largest absolute Gasteiger partial charge is 0.421 e. The topological polar surface area (TPSA) is 9.23 Å². The van der Waals surface area contributed by atoms with Crippen LogP contribution in [-0.4, -0.2) is 29.0 Å². The summed E-state index contributed by atoms with van der Waals surface area (Å²) in [6, 6.07) is 0. The highest BCUT2D eigenvalue weighted by Crippen LogP contribution is 2.60. The highest BCUT2D eigenvalue weighted by atomic mass is 31.1. The monoisotopic (exact) mass is 562 g/mol. The van der Waals surface area contributed by atoms with E-state index in [9.17, 15) is 43.9 Å². The lowest BCUT2D eigenvalue weighted by Crippen LogP contribution is -2.57. The maximum absolute atomic E-state index is 14.8. The van der Waals surface area contributed by atoms with Crippen LogP contribution < -0.4 is 10.9 Å². The van der Waals surface area contributed by atoms with E-state index in [0.717, 1.165) is 0 Å². The van der Waals surface area contributed by atoms with E-state index < -0.39 is 89.5 Å². The minimum Gasteiger partial charge on any atom is -0.421 e. The Balaban J connectivity index is 2.89. The second kappa shape index (κ2) is 10.4. The molecule has 0 fully saturated rings. The van der Waals surface area contributed by atoms with Crippen LogP contribution in [0.15, 0.2) is 0 Å². The van der Waals surface area contributed by atoms with Crippen LogP contribution in [0.2, 0.25) is 0 Å². The molecule has 0 bridgehead atoms. The lowest BCUT2D eigenvalue weighted by molar-refractivity contribution is 0.138. The number of hydrogen-bond acceptors (Lipinski definition) is 1. The molecule has 0 aliphatic carbocycles. The molecule has 0 radical (unpaired) electrons. The van der Waals surface area contributed by atoms with Crippen molar-refractivity contribution in [3.63, 3.8) is 0 Å². The molecule has 0 aliphatic heterocycles. The predicted octanol–water partition coefficient (Wildman–Crippen LogP) is 7.06. The summed E-state index contributed by atoms with van der Waals surface area (Å²) >= 11 is 0. The summed E-state index contributed by atoms with van der Waals surface area (Å²) in [5.74, 6) is -25.2. The van der Waals surface area contributed by atoms with Gasteiger partial charge in [0.25, 0.3) is 0 Å². The minimum absolute atomic E-state index is 0.0661. The van der Waals surface area contributed by atoms with Gasteiger partial charge in [0.2, 0.25) is 0 Å². The first-order valence-corrected chi connectivity index (χ1v) is 12.6. The van der Waals surface area contributed by atoms with E-state index in [2.05, 4.69) is 0 Å². The van der Waals surface area contributed by atoms with Gasteiger partial charge < -0.3 is 4.65 Å². The average Bonchev–Trinajstić information content (AvgIpc) is 2.75. The summed E-state index contributed by atoms with van der Waals surface area (Å²) in [6.45, 7) is 11.1. The first-order valence-electron chi connectivity index (χ1n) is 11.0. The van der Waals surface area contributed by atoms with Crippen molar-refractivity contribution < 1.29 is 48.6 Å². The Kier molecular flexibility index (Phi) is 8.83. The van der Waals surface area contributed by atoms with E-state index in [1.54, 1.807) is 0 Å². The fourth-order valence-electron chi connectivity index (χ4n) is 4.18. The Bertz CT molecular complexity index is 1060. The smallest absolute Gasteiger partial charge is 0.374 e. The van der Waals surface area contributed by atoms with Crippen LogP contribution in [0.4, 0.5) is 43.9 Å². The van der Waals surface area contributed by atoms with E-state index in [-0.39, 0.29) is 16.5 Å². The molecule has 0 aliphatic rings. The molecular formula is C24H26BF10OP. The van der Waals surface area contributed by atoms with E-state index in [1.165, 1.54) is 13.8 Å². The van der Waals surface area contributed by atoms with Crippen LogP contribution in [-0.2, 0) is 4.65 Å². The molecule has 0 N–H and O–H groups in total. The molecule has 37 heavy (non-hydrogen) atoms. The summed E-state index contributed by atoms with van der Waals surface area (Å²) in [7, 11) is -1.08. The van der Waals surface area contributed by atoms with Crippen LogP contribution in [0.25, 0.3) is 0 Å². The Morgan fingerprint density at radius 2 is 0.730 bits per heavy atom. The van der Waals surface area contributed by atoms with Crippen LogP contribution in [0.5, 0.6) is 0 Å². The molecule has 0 atom stereocenters. The average molecular weight is 562 g/mol. The van der Waals surface area contributed by atoms with Gasteiger partial charge >= 0.3 is 6.92 Å². The van der Waals surface area contributed by atoms with Gasteiger partial charge in [0.05, 0.1) is 5.60 Å². The number of hydrogen-bond donors (Lipinski definition) is 0. The van der Waals surface area contributed by atoms with Crippen LogP contribution in [0.1, 0.15) is 55.4 Å². The van der Waals surface area contributed by atoms with Gasteiger partial charge in [-0.3, -0.25) is 0 Å². The molecule has 0 saturated heterocycles. The first kappa shape index (κ1) is 31.4. The third-order valence-electron chi connectivity index (χ3n) is 5.61. The van der Waals surface area contributed by atoms with Crippen molar-refractivity contribution in [1.29, 1.82) is 0 Å². The molecule has 2 aromatic rings. The van der Waals surface area contributed by atoms with Crippen molar-refractivity contribution in [2.24, 2.45) is 0 Å². The summed E-state index contributed by atoms with van der Waals surface area (Å²) in [6.07, 6.45) is 0.0661. The molecule has 0 unspecified atom stereocenters. The fourth-order valence-corrected chi connectivity index (χ4v) is 7.98. The molecule has 0 aromatic heterocycles. The zero-order chi connectivity index (χ0) is 29.0. The third kappa shape index (κ3) is 6.10. The summed E-state index contributed by atoms with van der Waals surface area (Å²) < 4.78 is 148. The Labute approximate surface area is 210 Å². The number of benzene rings is 2. The van der Waals surface area contributed by atoms with E-state index >= 15 is 0 Å². The minimum atomic E-state index is -2.89. The van der Waals surface area contributed by atoms with Crippen molar-refractivity contribution in [3.8, 4) is 0 Å². The molecular weight excluding hydrogens is 536 g/mol. The van der Waals surface area contributed by atoms with Gasteiger partial charge in [-0.2, -0.15) is 0 Å². The summed E-state index contributed by atoms with van der Waals surface area (Å²) in [5.41, 5.74) is -5.38. The number of halogens is 10. The van der Waals surface area contributed by atoms with Gasteiger partial charge in [0.1, 0.15) is 0 Å². The Morgan fingerprint density at radius 3 is 0.973 bits per heavy atom. The van der Waals surface area contributed by atoms with Gasteiger partial charge in [0, 0.05) is 10.9 Å². The third-order valence-corrected chi connectivity index (χ3v) is 9.92. The lowest BCUT2D eigenvalue weighted by Gasteiger charge is -2.46. The predicted molar refractivity (Wildman–Crippen MR) is 124 cm³/mol. The first-order chi connectivity index (χ1) is 16.5. The quantitative estimate of drug-likeness (QED) is 0.121. The van der Waals surface area contributed by atoms with Crippen molar-refractivity contribution >= 4 is 25.8 Å². The van der Waals surface area contributed by atoms with Crippen LogP contribution >= 0.6 is 7.92 Å². The van der Waals surface area contributed by atoms with Crippen LogP contribution in [0.3, 0.4) is 0 Å². The Hall–Kier alpha value is -1.81. The molecule has 0 amide bonds. The van der Waals surface area contributed by atoms with Gasteiger partial charge in [-0.05, 0) is 30.3 Å². The van der Waals surface area contributed by atoms with Gasteiger partial charge in [-0.1, -0.05) is 49.5 Å². The second-order valence-electron chi connectivity index (χ2n) is 11.2. The molecule has 13 heteroatoms. The molecule has 2 rings (SSSR count). The SMILES string of the molecule is CC(C)(CP(C(C)(C)C)C(C)(C)C)OB(c1c(F)c(F)c(F)c(F)c1F)c1c(F)c(F)c(F)c(F)c1F. The highest BCUT2D eigenvalue weighted by molar-refractivity contribution is 7.60. The summed E-state index contributed by atoms with van der Waals surface area (Å²) in [4.78, 5) is 0. The van der Waals surface area contributed by atoms with Crippen LogP contribution in [0, 0.1) is 58.2 Å². The molecule has 2 aromatic carbocycles. The molecule has 206 valence electrons. The zero-order valence-corrected chi connectivity index (χ0v) is 22.3. The lowest BCUT2D eigenvalue weighted by atomic mass is 9.53. The van der Waals surface area contributed by atoms with Crippen molar-refractivity contribution in [2.45, 2.75) is 71.3 Å². The van der Waals surface area contributed by atoms with Crippen molar-refractivity contribution in [2.75, 3.05) is 6.16 Å². The van der Waals surface area contributed by atoms with Crippen molar-refractivity contribution in [1.82, 2.24) is 0 Å². The summed E-state index contributed by atoms with van der Waals surface area (Å²) in [5, 5.41) is -0.752. The van der Waals surface area contributed by atoms with Gasteiger partial charge in [-0.15, -0.1) is 0 Å². The normalized spacial score (nSPS) is 13.1. The van der Waals surface area contributed by atoms with Crippen molar-refractivity contribution in [3.05, 3.63) is 58.2 Å². The molecule has 0 spiro atoms. The highest BCUT2D eigenvalue weighted by Gasteiger charge is 2.46. The zero-order valence-electron chi connectivity index (χ0n) is 21.4. The number of rotatable bonds is 6. The molecule has 1 nitrogen and oxygen atoms in total. The maximum atomic E-state index is 14.8. The van der Waals surface area contributed by atoms with Gasteiger partial charge in [0.15, 0.2) is 58.2 Å². The van der Waals surface area contributed by atoms with E-state index in [0.29, 0.717) is 0 Å². The molecule has 0 heterocycles. The Morgan fingerprint density at radius 1 is 0.486 bits per heavy atom.